The Morgan fingerprint density at radius 1 is 0.771 bits per heavy atom. The summed E-state index contributed by atoms with van der Waals surface area (Å²) in [4.78, 5) is 46.4. The average Bonchev–Trinajstić information content (AvgIpc) is 3.45. The number of carboxylic acid groups (broad SMARTS) is 3. The SMILES string of the molecule is CCN1CCN(c2ncnc3scc(-c4cncc5ccccc45)c23)CC1.O=C(O)C(F)(F)F.O=C(O)C(F)(F)F.O=C(O)C(F)(F)F. The van der Waals surface area contributed by atoms with Gasteiger partial charge in [0.25, 0.3) is 0 Å². The number of carbonyl (C=O) groups is 3. The van der Waals surface area contributed by atoms with Gasteiger partial charge >= 0.3 is 36.4 Å². The molecule has 262 valence electrons. The van der Waals surface area contributed by atoms with Gasteiger partial charge in [0.05, 0.1) is 5.39 Å². The van der Waals surface area contributed by atoms with Crippen molar-refractivity contribution in [3.05, 3.63) is 48.4 Å². The molecule has 1 saturated heterocycles. The van der Waals surface area contributed by atoms with E-state index in [2.05, 4.69) is 56.3 Å². The molecule has 0 atom stereocenters. The summed E-state index contributed by atoms with van der Waals surface area (Å²) in [7, 11) is 0. The summed E-state index contributed by atoms with van der Waals surface area (Å²) in [5.74, 6) is -7.22. The van der Waals surface area contributed by atoms with Crippen LogP contribution in [0.1, 0.15) is 6.92 Å². The highest BCUT2D eigenvalue weighted by Crippen LogP contribution is 2.40. The lowest BCUT2D eigenvalue weighted by Gasteiger charge is -2.35. The number of likely N-dealkylation sites (N-methyl/N-ethyl adjacent to an activating group) is 1. The molecule has 1 aromatic carbocycles. The van der Waals surface area contributed by atoms with Gasteiger partial charge in [-0.25, -0.2) is 24.4 Å². The van der Waals surface area contributed by atoms with Crippen LogP contribution in [0.4, 0.5) is 45.3 Å². The zero-order valence-corrected chi connectivity index (χ0v) is 25.1. The first-order valence-corrected chi connectivity index (χ1v) is 14.0. The molecule has 0 spiro atoms. The van der Waals surface area contributed by atoms with Gasteiger partial charge in [0.15, 0.2) is 0 Å². The lowest BCUT2D eigenvalue weighted by Crippen LogP contribution is -2.46. The standard InChI is InChI=1S/C21H21N5S.3C2HF3O2/c1-2-25-7-9-26(10-8-25)20-19-18(13-27-21(19)24-14-23-20)17-12-22-11-15-5-3-4-6-16(15)17;3*3-2(4,5)1(6)7/h3-6,11-14H,2,7-10H2,1H3;3*(H,6,7). The molecule has 0 saturated carbocycles. The number of piperazine rings is 1. The molecule has 0 bridgehead atoms. The third-order valence-corrected chi connectivity index (χ3v) is 7.04. The van der Waals surface area contributed by atoms with E-state index in [1.165, 1.54) is 10.9 Å². The van der Waals surface area contributed by atoms with Gasteiger partial charge in [-0.1, -0.05) is 31.2 Å². The number of pyridine rings is 1. The van der Waals surface area contributed by atoms with Gasteiger partial charge in [-0.05, 0) is 11.9 Å². The summed E-state index contributed by atoms with van der Waals surface area (Å²) in [5.41, 5.74) is 2.34. The monoisotopic (exact) mass is 717 g/mol. The molecule has 0 unspecified atom stereocenters. The number of nitrogens with zero attached hydrogens (tertiary/aromatic N) is 5. The summed E-state index contributed by atoms with van der Waals surface area (Å²) in [6.07, 6.45) is -9.66. The molecule has 4 heterocycles. The first-order chi connectivity index (χ1) is 22.2. The Balaban J connectivity index is 0.000000313. The number of aromatic nitrogens is 3. The number of rotatable bonds is 3. The van der Waals surface area contributed by atoms with E-state index in [1.54, 1.807) is 17.7 Å². The Morgan fingerprint density at radius 3 is 1.75 bits per heavy atom. The predicted molar refractivity (Wildman–Crippen MR) is 154 cm³/mol. The molecule has 21 heteroatoms. The van der Waals surface area contributed by atoms with E-state index >= 15 is 0 Å². The number of alkyl halides is 9. The third kappa shape index (κ3) is 11.2. The normalized spacial score (nSPS) is 13.8. The summed E-state index contributed by atoms with van der Waals surface area (Å²) >= 11 is 1.68. The van der Waals surface area contributed by atoms with Crippen LogP contribution < -0.4 is 4.90 Å². The summed E-state index contributed by atoms with van der Waals surface area (Å²) in [5, 5.41) is 27.1. The van der Waals surface area contributed by atoms with Crippen LogP contribution in [-0.2, 0) is 14.4 Å². The number of carboxylic acids is 3. The van der Waals surface area contributed by atoms with Gasteiger partial charge in [-0.2, -0.15) is 39.5 Å². The Hall–Kier alpha value is -4.79. The van der Waals surface area contributed by atoms with Gasteiger partial charge in [0.1, 0.15) is 17.0 Å². The van der Waals surface area contributed by atoms with E-state index in [-0.39, 0.29) is 0 Å². The van der Waals surface area contributed by atoms with Crippen molar-refractivity contribution in [2.75, 3.05) is 37.6 Å². The molecule has 5 rings (SSSR count). The quantitative estimate of drug-likeness (QED) is 0.215. The highest BCUT2D eigenvalue weighted by atomic mass is 32.1. The second-order valence-electron chi connectivity index (χ2n) is 9.27. The van der Waals surface area contributed by atoms with Crippen LogP contribution in [-0.4, -0.2) is 104 Å². The van der Waals surface area contributed by atoms with Crippen molar-refractivity contribution < 1.29 is 69.2 Å². The summed E-state index contributed by atoms with van der Waals surface area (Å²) in [6.45, 7) is 7.50. The van der Waals surface area contributed by atoms with Crippen molar-refractivity contribution in [1.29, 1.82) is 0 Å². The first kappa shape index (κ1) is 39.4. The number of fused-ring (bicyclic) bond motifs is 2. The number of anilines is 1. The highest BCUT2D eigenvalue weighted by molar-refractivity contribution is 7.17. The number of thiophene rings is 1. The minimum Gasteiger partial charge on any atom is -0.475 e. The Morgan fingerprint density at radius 2 is 1.27 bits per heavy atom. The van der Waals surface area contributed by atoms with Gasteiger partial charge in [0, 0.05) is 60.5 Å². The van der Waals surface area contributed by atoms with Crippen molar-refractivity contribution in [2.45, 2.75) is 25.5 Å². The van der Waals surface area contributed by atoms with Gasteiger partial charge in [-0.15, -0.1) is 11.3 Å². The Bertz CT molecular complexity index is 1640. The molecular formula is C27H24F9N5O6S. The molecule has 0 aliphatic carbocycles. The number of benzene rings is 1. The number of hydrogen-bond donors (Lipinski definition) is 3. The van der Waals surface area contributed by atoms with Crippen LogP contribution in [0, 0.1) is 0 Å². The maximum Gasteiger partial charge on any atom is 0.490 e. The molecule has 48 heavy (non-hydrogen) atoms. The van der Waals surface area contributed by atoms with E-state index in [4.69, 9.17) is 34.7 Å². The topological polar surface area (TPSA) is 157 Å². The molecule has 4 aromatic rings. The lowest BCUT2D eigenvalue weighted by molar-refractivity contribution is -0.193. The Labute approximate surface area is 267 Å². The highest BCUT2D eigenvalue weighted by Gasteiger charge is 2.39. The molecule has 0 amide bonds. The van der Waals surface area contributed by atoms with Gasteiger partial charge in [0.2, 0.25) is 0 Å². The minimum atomic E-state index is -5.08. The number of halogens is 9. The van der Waals surface area contributed by atoms with E-state index in [9.17, 15) is 39.5 Å². The zero-order valence-electron chi connectivity index (χ0n) is 24.3. The van der Waals surface area contributed by atoms with Gasteiger partial charge in [-0.3, -0.25) is 4.98 Å². The number of hydrogen-bond acceptors (Lipinski definition) is 9. The molecule has 0 radical (unpaired) electrons. The second kappa shape index (κ2) is 16.4. The van der Waals surface area contributed by atoms with E-state index < -0.39 is 36.4 Å². The van der Waals surface area contributed by atoms with Crippen LogP contribution in [0.15, 0.2) is 48.4 Å². The van der Waals surface area contributed by atoms with Crippen molar-refractivity contribution in [3.63, 3.8) is 0 Å². The van der Waals surface area contributed by atoms with Crippen LogP contribution in [0.3, 0.4) is 0 Å². The maximum absolute atomic E-state index is 10.6. The van der Waals surface area contributed by atoms with Crippen LogP contribution >= 0.6 is 11.3 Å². The minimum absolute atomic E-state index is 1.00. The lowest BCUT2D eigenvalue weighted by atomic mass is 10.0. The average molecular weight is 718 g/mol. The molecule has 1 aliphatic rings. The van der Waals surface area contributed by atoms with Crippen molar-refractivity contribution in [3.8, 4) is 11.1 Å². The third-order valence-electron chi connectivity index (χ3n) is 6.16. The van der Waals surface area contributed by atoms with Crippen LogP contribution in [0.5, 0.6) is 0 Å². The molecular weight excluding hydrogens is 693 g/mol. The molecule has 1 fully saturated rings. The smallest absolute Gasteiger partial charge is 0.475 e. The Kier molecular flexibility index (Phi) is 13.4. The fourth-order valence-electron chi connectivity index (χ4n) is 3.90. The molecule has 11 nitrogen and oxygen atoms in total. The molecule has 3 aromatic heterocycles. The van der Waals surface area contributed by atoms with Crippen molar-refractivity contribution >= 4 is 56.1 Å². The predicted octanol–water partition coefficient (Wildman–Crippen LogP) is 5.95. The van der Waals surface area contributed by atoms with Crippen molar-refractivity contribution in [2.24, 2.45) is 0 Å². The molecule has 1 aliphatic heterocycles. The van der Waals surface area contributed by atoms with E-state index in [0.717, 1.165) is 59.7 Å². The second-order valence-corrected chi connectivity index (χ2v) is 10.1. The summed E-state index contributed by atoms with van der Waals surface area (Å²) < 4.78 is 95.2. The van der Waals surface area contributed by atoms with Gasteiger partial charge < -0.3 is 25.1 Å². The van der Waals surface area contributed by atoms with Crippen molar-refractivity contribution in [1.82, 2.24) is 19.9 Å². The first-order valence-electron chi connectivity index (χ1n) is 13.1. The number of aliphatic carboxylic acids is 3. The van der Waals surface area contributed by atoms with E-state index in [1.807, 2.05) is 12.4 Å². The maximum atomic E-state index is 10.6. The fraction of sp³-hybridized carbons (Fsp3) is 0.333. The largest absolute Gasteiger partial charge is 0.490 e. The van der Waals surface area contributed by atoms with Crippen LogP contribution in [0.2, 0.25) is 0 Å². The molecule has 3 N–H and O–H groups in total. The summed E-state index contributed by atoms with van der Waals surface area (Å²) in [6, 6.07) is 8.42. The fourth-order valence-corrected chi connectivity index (χ4v) is 4.81. The van der Waals surface area contributed by atoms with Crippen LogP contribution in [0.25, 0.3) is 32.1 Å². The van der Waals surface area contributed by atoms with E-state index in [0.29, 0.717) is 0 Å². The zero-order chi connectivity index (χ0) is 36.4.